The number of para-hydroxylation sites is 1. The zero-order valence-corrected chi connectivity index (χ0v) is 13.6. The van der Waals surface area contributed by atoms with Crippen LogP contribution in [0.25, 0.3) is 6.08 Å². The summed E-state index contributed by atoms with van der Waals surface area (Å²) >= 11 is 0. The minimum atomic E-state index is -0.371. The third-order valence-corrected chi connectivity index (χ3v) is 4.32. The lowest BCUT2D eigenvalue weighted by Crippen LogP contribution is -2.44. The van der Waals surface area contributed by atoms with Crippen molar-refractivity contribution in [3.05, 3.63) is 53.5 Å². The van der Waals surface area contributed by atoms with Gasteiger partial charge in [-0.25, -0.2) is 4.98 Å². The van der Waals surface area contributed by atoms with E-state index < -0.39 is 0 Å². The number of anilines is 1. The zero-order valence-electron chi connectivity index (χ0n) is 13.6. The quantitative estimate of drug-likeness (QED) is 0.891. The van der Waals surface area contributed by atoms with E-state index in [1.54, 1.807) is 11.1 Å². The van der Waals surface area contributed by atoms with E-state index in [-0.39, 0.29) is 18.6 Å². The molecule has 3 heterocycles. The van der Waals surface area contributed by atoms with Crippen molar-refractivity contribution in [1.82, 2.24) is 14.9 Å². The SMILES string of the molecule is Nc1nccnc1[C@H]1CN(C(=O)C2=Cc3ccccc3OC2)CCO1. The van der Waals surface area contributed by atoms with E-state index in [1.807, 2.05) is 30.3 Å². The Morgan fingerprint density at radius 3 is 2.96 bits per heavy atom. The fourth-order valence-corrected chi connectivity index (χ4v) is 3.05. The van der Waals surface area contributed by atoms with Crippen molar-refractivity contribution in [3.8, 4) is 5.75 Å². The number of nitrogens with two attached hydrogens (primary N) is 1. The zero-order chi connectivity index (χ0) is 17.2. The van der Waals surface area contributed by atoms with E-state index in [0.29, 0.717) is 36.8 Å². The van der Waals surface area contributed by atoms with Gasteiger partial charge in [-0.15, -0.1) is 0 Å². The predicted octanol–water partition coefficient (Wildman–Crippen LogP) is 1.43. The summed E-state index contributed by atoms with van der Waals surface area (Å²) in [4.78, 5) is 22.9. The van der Waals surface area contributed by atoms with Crippen molar-refractivity contribution in [2.24, 2.45) is 0 Å². The number of nitrogens with zero attached hydrogens (tertiary/aromatic N) is 3. The molecule has 0 unspecified atom stereocenters. The molecule has 0 bridgehead atoms. The molecule has 128 valence electrons. The molecule has 7 heteroatoms. The van der Waals surface area contributed by atoms with Gasteiger partial charge in [0.05, 0.1) is 18.7 Å². The second kappa shape index (κ2) is 6.52. The van der Waals surface area contributed by atoms with E-state index in [4.69, 9.17) is 15.2 Å². The number of carbonyl (C=O) groups excluding carboxylic acids is 1. The fraction of sp³-hybridized carbons (Fsp3) is 0.278. The van der Waals surface area contributed by atoms with Crippen molar-refractivity contribution in [2.45, 2.75) is 6.10 Å². The number of hydrogen-bond acceptors (Lipinski definition) is 6. The molecule has 0 radical (unpaired) electrons. The number of hydrogen-bond donors (Lipinski definition) is 1. The van der Waals surface area contributed by atoms with Crippen molar-refractivity contribution in [2.75, 3.05) is 32.0 Å². The Bertz CT molecular complexity index is 837. The Hall–Kier alpha value is -2.93. The summed E-state index contributed by atoms with van der Waals surface area (Å²) in [5.74, 6) is 1.08. The Labute approximate surface area is 145 Å². The Balaban J connectivity index is 1.53. The van der Waals surface area contributed by atoms with Gasteiger partial charge in [0.1, 0.15) is 30.0 Å². The summed E-state index contributed by atoms with van der Waals surface area (Å²) in [7, 11) is 0. The van der Waals surface area contributed by atoms with Crippen LogP contribution in [-0.2, 0) is 9.53 Å². The Morgan fingerprint density at radius 2 is 2.08 bits per heavy atom. The number of carbonyl (C=O) groups is 1. The summed E-state index contributed by atoms with van der Waals surface area (Å²) in [6.07, 6.45) is 4.63. The van der Waals surface area contributed by atoms with Crippen LogP contribution in [0.5, 0.6) is 5.75 Å². The van der Waals surface area contributed by atoms with Gasteiger partial charge >= 0.3 is 0 Å². The predicted molar refractivity (Wildman–Crippen MR) is 91.6 cm³/mol. The first-order chi connectivity index (χ1) is 12.2. The number of fused-ring (bicyclic) bond motifs is 1. The lowest BCUT2D eigenvalue weighted by molar-refractivity contribution is -0.135. The van der Waals surface area contributed by atoms with Gasteiger partial charge in [-0.2, -0.15) is 0 Å². The number of rotatable bonds is 2. The molecule has 0 aliphatic carbocycles. The Kier molecular flexibility index (Phi) is 4.07. The Morgan fingerprint density at radius 1 is 1.24 bits per heavy atom. The largest absolute Gasteiger partial charge is 0.488 e. The van der Waals surface area contributed by atoms with Crippen LogP contribution >= 0.6 is 0 Å². The molecule has 1 saturated heterocycles. The van der Waals surface area contributed by atoms with Crippen LogP contribution in [0.15, 0.2) is 42.2 Å². The van der Waals surface area contributed by atoms with Gasteiger partial charge in [0, 0.05) is 24.5 Å². The molecule has 1 aromatic heterocycles. The number of amides is 1. The van der Waals surface area contributed by atoms with E-state index >= 15 is 0 Å². The first-order valence-electron chi connectivity index (χ1n) is 8.12. The minimum Gasteiger partial charge on any atom is -0.488 e. The van der Waals surface area contributed by atoms with Crippen LogP contribution in [0.4, 0.5) is 5.82 Å². The molecule has 1 amide bonds. The molecule has 2 N–H and O–H groups in total. The van der Waals surface area contributed by atoms with Gasteiger partial charge < -0.3 is 20.1 Å². The molecule has 1 atom stereocenters. The highest BCUT2D eigenvalue weighted by molar-refractivity contribution is 5.99. The molecule has 1 fully saturated rings. The molecule has 0 spiro atoms. The van der Waals surface area contributed by atoms with Gasteiger partial charge in [-0.3, -0.25) is 9.78 Å². The summed E-state index contributed by atoms with van der Waals surface area (Å²) < 4.78 is 11.4. The van der Waals surface area contributed by atoms with Crippen LogP contribution in [0.3, 0.4) is 0 Å². The molecule has 7 nitrogen and oxygen atoms in total. The average Bonchev–Trinajstić information content (AvgIpc) is 2.67. The van der Waals surface area contributed by atoms with Crippen LogP contribution in [0.1, 0.15) is 17.4 Å². The highest BCUT2D eigenvalue weighted by Crippen LogP contribution is 2.28. The smallest absolute Gasteiger partial charge is 0.253 e. The van der Waals surface area contributed by atoms with Crippen molar-refractivity contribution < 1.29 is 14.3 Å². The number of nitrogen functional groups attached to an aromatic ring is 1. The molecule has 4 rings (SSSR count). The molecule has 2 aliphatic heterocycles. The van der Waals surface area contributed by atoms with Gasteiger partial charge in [-0.05, 0) is 12.1 Å². The van der Waals surface area contributed by atoms with Gasteiger partial charge in [-0.1, -0.05) is 18.2 Å². The maximum Gasteiger partial charge on any atom is 0.253 e. The molecular formula is C18H18N4O3. The molecule has 2 aromatic rings. The molecule has 25 heavy (non-hydrogen) atoms. The normalized spacial score (nSPS) is 19.6. The first kappa shape index (κ1) is 15.6. The maximum absolute atomic E-state index is 12.9. The van der Waals surface area contributed by atoms with Crippen molar-refractivity contribution in [1.29, 1.82) is 0 Å². The van der Waals surface area contributed by atoms with E-state index in [1.165, 1.54) is 6.20 Å². The maximum atomic E-state index is 12.9. The van der Waals surface area contributed by atoms with Gasteiger partial charge in [0.2, 0.25) is 0 Å². The van der Waals surface area contributed by atoms with E-state index in [9.17, 15) is 4.79 Å². The third kappa shape index (κ3) is 3.06. The average molecular weight is 338 g/mol. The summed E-state index contributed by atoms with van der Waals surface area (Å²) in [6, 6.07) is 7.67. The summed E-state index contributed by atoms with van der Waals surface area (Å²) in [5, 5.41) is 0. The van der Waals surface area contributed by atoms with Gasteiger partial charge in [0.15, 0.2) is 0 Å². The second-order valence-electron chi connectivity index (χ2n) is 5.93. The van der Waals surface area contributed by atoms with Crippen LogP contribution in [0, 0.1) is 0 Å². The highest BCUT2D eigenvalue weighted by atomic mass is 16.5. The number of morpholine rings is 1. The molecule has 1 aromatic carbocycles. The number of ether oxygens (including phenoxy) is 2. The lowest BCUT2D eigenvalue weighted by Gasteiger charge is -2.33. The first-order valence-corrected chi connectivity index (χ1v) is 8.12. The van der Waals surface area contributed by atoms with E-state index in [2.05, 4.69) is 9.97 Å². The fourth-order valence-electron chi connectivity index (χ4n) is 3.05. The van der Waals surface area contributed by atoms with Crippen molar-refractivity contribution in [3.63, 3.8) is 0 Å². The summed E-state index contributed by atoms with van der Waals surface area (Å²) in [5.41, 5.74) is 8.00. The van der Waals surface area contributed by atoms with E-state index in [0.717, 1.165) is 11.3 Å². The van der Waals surface area contributed by atoms with Crippen LogP contribution in [0.2, 0.25) is 0 Å². The highest BCUT2D eigenvalue weighted by Gasteiger charge is 2.30. The standard InChI is InChI=1S/C18H18N4O3/c19-17-16(20-5-6-21-17)15-10-22(7-8-24-15)18(23)13-9-12-3-1-2-4-14(12)25-11-13/h1-6,9,15H,7-8,10-11H2,(H2,19,21)/t15-/m1/s1. The van der Waals surface area contributed by atoms with Crippen LogP contribution in [-0.4, -0.2) is 47.1 Å². The lowest BCUT2D eigenvalue weighted by atomic mass is 10.1. The third-order valence-electron chi connectivity index (χ3n) is 4.32. The second-order valence-corrected chi connectivity index (χ2v) is 5.93. The van der Waals surface area contributed by atoms with Crippen LogP contribution < -0.4 is 10.5 Å². The van der Waals surface area contributed by atoms with Gasteiger partial charge in [0.25, 0.3) is 5.91 Å². The molecule has 0 saturated carbocycles. The van der Waals surface area contributed by atoms with Crippen molar-refractivity contribution >= 4 is 17.8 Å². The minimum absolute atomic E-state index is 0.0507. The molecule has 2 aliphatic rings. The monoisotopic (exact) mass is 338 g/mol. The summed E-state index contributed by atoms with van der Waals surface area (Å²) in [6.45, 7) is 1.61. The topological polar surface area (TPSA) is 90.6 Å². The number of benzene rings is 1. The molecular weight excluding hydrogens is 320 g/mol. The number of aromatic nitrogens is 2.